The zero-order valence-electron chi connectivity index (χ0n) is 30.8. The Hall–Kier alpha value is -6.48. The van der Waals surface area contributed by atoms with Gasteiger partial charge in [-0.05, 0) is 103 Å². The van der Waals surface area contributed by atoms with Crippen molar-refractivity contribution in [1.82, 2.24) is 0 Å². The lowest BCUT2D eigenvalue weighted by molar-refractivity contribution is 0.660. The normalized spacial score (nSPS) is 13.1. The molecule has 0 saturated heterocycles. The Morgan fingerprint density at radius 3 is 1.91 bits per heavy atom. The minimum atomic E-state index is -0.112. The average molecular weight is 720 g/mol. The second kappa shape index (κ2) is 12.3. The number of rotatable bonds is 5. The largest absolute Gasteiger partial charge is 0.310 e. The highest BCUT2D eigenvalue weighted by Crippen LogP contribution is 2.52. The number of para-hydroxylation sites is 1. The van der Waals surface area contributed by atoms with Crippen LogP contribution >= 0.6 is 11.3 Å². The molecule has 0 N–H and O–H groups in total. The van der Waals surface area contributed by atoms with Crippen molar-refractivity contribution >= 4 is 70.1 Å². The molecule has 0 unspecified atom stereocenters. The first-order chi connectivity index (χ1) is 27.0. The molecule has 9 aromatic carbocycles. The summed E-state index contributed by atoms with van der Waals surface area (Å²) in [7, 11) is 0. The Morgan fingerprint density at radius 1 is 0.418 bits per heavy atom. The van der Waals surface area contributed by atoms with E-state index in [1.165, 1.54) is 86.2 Å². The summed E-state index contributed by atoms with van der Waals surface area (Å²) in [4.78, 5) is 2.46. The first-order valence-electron chi connectivity index (χ1n) is 19.1. The third-order valence-electron chi connectivity index (χ3n) is 11.8. The van der Waals surface area contributed by atoms with Crippen LogP contribution in [0, 0.1) is 0 Å². The molecule has 0 radical (unpaired) electrons. The van der Waals surface area contributed by atoms with Gasteiger partial charge in [0, 0.05) is 48.1 Å². The van der Waals surface area contributed by atoms with Crippen molar-refractivity contribution in [1.29, 1.82) is 0 Å². The van der Waals surface area contributed by atoms with Gasteiger partial charge in [-0.2, -0.15) is 0 Å². The average Bonchev–Trinajstić information content (AvgIpc) is 3.71. The lowest BCUT2D eigenvalue weighted by Crippen LogP contribution is -2.16. The van der Waals surface area contributed by atoms with Gasteiger partial charge in [-0.3, -0.25) is 0 Å². The van der Waals surface area contributed by atoms with Gasteiger partial charge < -0.3 is 4.90 Å². The predicted molar refractivity (Wildman–Crippen MR) is 237 cm³/mol. The van der Waals surface area contributed by atoms with E-state index in [-0.39, 0.29) is 5.41 Å². The number of anilines is 3. The zero-order valence-corrected chi connectivity index (χ0v) is 31.6. The van der Waals surface area contributed by atoms with Crippen molar-refractivity contribution in [3.8, 4) is 33.4 Å². The van der Waals surface area contributed by atoms with E-state index in [1.807, 2.05) is 11.3 Å². The van der Waals surface area contributed by atoms with Gasteiger partial charge in [0.15, 0.2) is 0 Å². The Balaban J connectivity index is 1.12. The van der Waals surface area contributed by atoms with Crippen LogP contribution in [0.1, 0.15) is 25.0 Å². The summed E-state index contributed by atoms with van der Waals surface area (Å²) < 4.78 is 2.66. The molecule has 1 nitrogen and oxygen atoms in total. The molecule has 0 bridgehead atoms. The van der Waals surface area contributed by atoms with Crippen molar-refractivity contribution in [3.05, 3.63) is 199 Å². The first-order valence-corrected chi connectivity index (χ1v) is 19.9. The topological polar surface area (TPSA) is 3.24 Å². The van der Waals surface area contributed by atoms with E-state index in [4.69, 9.17) is 0 Å². The van der Waals surface area contributed by atoms with Gasteiger partial charge in [-0.25, -0.2) is 0 Å². The van der Waals surface area contributed by atoms with Gasteiger partial charge in [0.05, 0.1) is 5.69 Å². The van der Waals surface area contributed by atoms with E-state index < -0.39 is 0 Å². The first kappa shape index (κ1) is 32.0. The van der Waals surface area contributed by atoms with Crippen molar-refractivity contribution in [2.45, 2.75) is 19.3 Å². The van der Waals surface area contributed by atoms with E-state index in [0.717, 1.165) is 17.1 Å². The van der Waals surface area contributed by atoms with E-state index in [9.17, 15) is 0 Å². The molecule has 2 heteroatoms. The number of hydrogen-bond donors (Lipinski definition) is 0. The van der Waals surface area contributed by atoms with Crippen LogP contribution in [0.25, 0.3) is 75.1 Å². The van der Waals surface area contributed by atoms with Crippen molar-refractivity contribution < 1.29 is 0 Å². The van der Waals surface area contributed by atoms with Crippen LogP contribution < -0.4 is 4.90 Å². The zero-order chi connectivity index (χ0) is 36.7. The van der Waals surface area contributed by atoms with Crippen molar-refractivity contribution in [2.75, 3.05) is 4.90 Å². The lowest BCUT2D eigenvalue weighted by Gasteiger charge is -2.30. The molecule has 1 heterocycles. The number of benzene rings is 9. The second-order valence-electron chi connectivity index (χ2n) is 15.3. The SMILES string of the molecule is CC1(C)c2ccccc2-c2ccc(N(c3ccc(-c4c5ccccc5cc5c4sc4ccccc45)cc3)c3ccccc3-c3ccc4ccccc4c3)cc21. The maximum Gasteiger partial charge on any atom is 0.0540 e. The van der Waals surface area contributed by atoms with Gasteiger partial charge in [0.2, 0.25) is 0 Å². The fourth-order valence-electron chi connectivity index (χ4n) is 9.11. The summed E-state index contributed by atoms with van der Waals surface area (Å²) in [5.41, 5.74) is 13.7. The quantitative estimate of drug-likeness (QED) is 0.171. The van der Waals surface area contributed by atoms with Gasteiger partial charge in [-0.15, -0.1) is 11.3 Å². The molecule has 1 aliphatic rings. The van der Waals surface area contributed by atoms with Crippen LogP contribution in [0.4, 0.5) is 17.1 Å². The third kappa shape index (κ3) is 4.99. The molecule has 0 saturated carbocycles. The molecule has 260 valence electrons. The maximum atomic E-state index is 2.46. The van der Waals surface area contributed by atoms with Crippen LogP contribution in [0.15, 0.2) is 188 Å². The minimum Gasteiger partial charge on any atom is -0.310 e. The minimum absolute atomic E-state index is 0.112. The molecular formula is C53H37NS. The van der Waals surface area contributed by atoms with Gasteiger partial charge in [-0.1, -0.05) is 153 Å². The fraction of sp³-hybridized carbons (Fsp3) is 0.0566. The predicted octanol–water partition coefficient (Wildman–Crippen LogP) is 15.5. The molecule has 0 fully saturated rings. The van der Waals surface area contributed by atoms with E-state index in [2.05, 4.69) is 207 Å². The summed E-state index contributed by atoms with van der Waals surface area (Å²) in [6.45, 7) is 4.73. The summed E-state index contributed by atoms with van der Waals surface area (Å²) in [6.07, 6.45) is 0. The Kier molecular flexibility index (Phi) is 7.14. The van der Waals surface area contributed by atoms with Crippen LogP contribution in [0.5, 0.6) is 0 Å². The van der Waals surface area contributed by atoms with Gasteiger partial charge in [0.1, 0.15) is 0 Å². The summed E-state index contributed by atoms with van der Waals surface area (Å²) in [5.74, 6) is 0. The number of hydrogen-bond acceptors (Lipinski definition) is 2. The van der Waals surface area contributed by atoms with E-state index in [0.29, 0.717) is 0 Å². The van der Waals surface area contributed by atoms with Crippen LogP contribution in [0.3, 0.4) is 0 Å². The number of nitrogens with zero attached hydrogens (tertiary/aromatic N) is 1. The molecule has 1 aromatic heterocycles. The smallest absolute Gasteiger partial charge is 0.0540 e. The summed E-state index contributed by atoms with van der Waals surface area (Å²) >= 11 is 1.90. The highest BCUT2D eigenvalue weighted by Gasteiger charge is 2.36. The standard InChI is InChI=1S/C53H37NS/c1-53(2)47-20-10-7-18-43(47)44-30-29-40(33-48(44)53)54(49-21-11-8-16-41(49)38-24-23-34-13-3-4-14-36(34)31-38)39-27-25-35(26-28-39)51-42-17-6-5-15-37(42)32-46-45-19-9-12-22-50(45)55-52(46)51/h3-33H,1-2H3. The molecule has 1 aliphatic carbocycles. The highest BCUT2D eigenvalue weighted by molar-refractivity contribution is 7.26. The summed E-state index contributed by atoms with van der Waals surface area (Å²) in [5, 5.41) is 7.69. The molecular weight excluding hydrogens is 683 g/mol. The summed E-state index contributed by atoms with van der Waals surface area (Å²) in [6, 6.07) is 69.7. The number of fused-ring (bicyclic) bond motifs is 8. The molecule has 0 aliphatic heterocycles. The molecule has 55 heavy (non-hydrogen) atoms. The number of thiophene rings is 1. The molecule has 0 atom stereocenters. The highest BCUT2D eigenvalue weighted by atomic mass is 32.1. The third-order valence-corrected chi connectivity index (χ3v) is 13.0. The second-order valence-corrected chi connectivity index (χ2v) is 16.4. The molecule has 11 rings (SSSR count). The van der Waals surface area contributed by atoms with Crippen LogP contribution in [0.2, 0.25) is 0 Å². The molecule has 0 amide bonds. The van der Waals surface area contributed by atoms with Gasteiger partial charge >= 0.3 is 0 Å². The Bertz CT molecular complexity index is 3130. The lowest BCUT2D eigenvalue weighted by atomic mass is 9.82. The van der Waals surface area contributed by atoms with Crippen molar-refractivity contribution in [3.63, 3.8) is 0 Å². The molecule has 0 spiro atoms. The van der Waals surface area contributed by atoms with Crippen LogP contribution in [-0.2, 0) is 5.41 Å². The maximum absolute atomic E-state index is 2.46. The molecule has 10 aromatic rings. The van der Waals surface area contributed by atoms with Crippen molar-refractivity contribution in [2.24, 2.45) is 0 Å². The van der Waals surface area contributed by atoms with Gasteiger partial charge in [0.25, 0.3) is 0 Å². The Morgan fingerprint density at radius 2 is 1.05 bits per heavy atom. The van der Waals surface area contributed by atoms with E-state index in [1.54, 1.807) is 0 Å². The fourth-order valence-corrected chi connectivity index (χ4v) is 10.4. The Labute approximate surface area is 325 Å². The van der Waals surface area contributed by atoms with Crippen LogP contribution in [-0.4, -0.2) is 0 Å². The monoisotopic (exact) mass is 719 g/mol. The van der Waals surface area contributed by atoms with E-state index >= 15 is 0 Å².